The van der Waals surface area contributed by atoms with Crippen molar-refractivity contribution in [3.8, 4) is 0 Å². The van der Waals surface area contributed by atoms with Crippen molar-refractivity contribution in [2.24, 2.45) is 0 Å². The van der Waals surface area contributed by atoms with Crippen LogP contribution in [0.5, 0.6) is 0 Å². The van der Waals surface area contributed by atoms with Crippen molar-refractivity contribution in [2.75, 3.05) is 20.2 Å². The first-order valence-corrected chi connectivity index (χ1v) is 6.40. The summed E-state index contributed by atoms with van der Waals surface area (Å²) in [5.41, 5.74) is 1.69. The Balaban J connectivity index is 1.84. The quantitative estimate of drug-likeness (QED) is 0.720. The van der Waals surface area contributed by atoms with Gasteiger partial charge in [-0.25, -0.2) is 0 Å². The van der Waals surface area contributed by atoms with Gasteiger partial charge in [0.05, 0.1) is 6.10 Å². The van der Waals surface area contributed by atoms with E-state index < -0.39 is 7.12 Å². The van der Waals surface area contributed by atoms with Gasteiger partial charge in [0.2, 0.25) is 0 Å². The Bertz CT molecular complexity index is 363. The number of likely N-dealkylation sites (N-methyl/N-ethyl adjacent to an activating group) is 1. The van der Waals surface area contributed by atoms with Crippen LogP contribution in [0.1, 0.15) is 18.4 Å². The van der Waals surface area contributed by atoms with Gasteiger partial charge in [-0.05, 0) is 30.9 Å². The fourth-order valence-corrected chi connectivity index (χ4v) is 2.31. The van der Waals surface area contributed by atoms with Crippen LogP contribution in [-0.2, 0) is 11.3 Å². The van der Waals surface area contributed by atoms with E-state index in [0.717, 1.165) is 26.1 Å². The largest absolute Gasteiger partial charge is 0.488 e. The van der Waals surface area contributed by atoms with E-state index in [2.05, 4.69) is 11.9 Å². The number of hydrogen-bond donors (Lipinski definition) is 2. The molecule has 98 valence electrons. The van der Waals surface area contributed by atoms with E-state index in [4.69, 9.17) is 14.8 Å². The maximum absolute atomic E-state index is 9.01. The lowest BCUT2D eigenvalue weighted by Gasteiger charge is -2.20. The normalized spacial score (nSPS) is 19.4. The molecular weight excluding hydrogens is 229 g/mol. The van der Waals surface area contributed by atoms with Gasteiger partial charge in [0.25, 0.3) is 0 Å². The number of ether oxygens (including phenoxy) is 1. The molecule has 0 aromatic heterocycles. The molecule has 1 aromatic carbocycles. The van der Waals surface area contributed by atoms with Gasteiger partial charge in [0.15, 0.2) is 0 Å². The average Bonchev–Trinajstić information content (AvgIpc) is 2.82. The maximum Gasteiger partial charge on any atom is 0.488 e. The maximum atomic E-state index is 9.01. The van der Waals surface area contributed by atoms with Gasteiger partial charge in [-0.3, -0.25) is 4.90 Å². The zero-order valence-electron chi connectivity index (χ0n) is 10.7. The third kappa shape index (κ3) is 3.81. The van der Waals surface area contributed by atoms with Crippen LogP contribution in [0.15, 0.2) is 24.3 Å². The molecule has 1 fully saturated rings. The van der Waals surface area contributed by atoms with Crippen molar-refractivity contribution in [3.63, 3.8) is 0 Å². The van der Waals surface area contributed by atoms with Gasteiger partial charge in [-0.2, -0.15) is 0 Å². The van der Waals surface area contributed by atoms with E-state index in [1.165, 1.54) is 12.0 Å². The molecule has 0 aliphatic carbocycles. The van der Waals surface area contributed by atoms with E-state index in [9.17, 15) is 0 Å². The van der Waals surface area contributed by atoms with Crippen LogP contribution < -0.4 is 5.46 Å². The summed E-state index contributed by atoms with van der Waals surface area (Å²) >= 11 is 0. The van der Waals surface area contributed by atoms with E-state index in [1.54, 1.807) is 12.1 Å². The molecule has 0 bridgehead atoms. The second-order valence-corrected chi connectivity index (χ2v) is 4.95. The lowest BCUT2D eigenvalue weighted by Crippen LogP contribution is -2.30. The first-order valence-electron chi connectivity index (χ1n) is 6.40. The molecule has 1 aromatic rings. The minimum absolute atomic E-state index is 0.369. The van der Waals surface area contributed by atoms with E-state index in [1.807, 2.05) is 12.1 Å². The van der Waals surface area contributed by atoms with E-state index in [0.29, 0.717) is 11.6 Å². The zero-order chi connectivity index (χ0) is 13.0. The molecule has 5 heteroatoms. The molecular formula is C13H20BNO3. The molecule has 1 unspecified atom stereocenters. The Morgan fingerprint density at radius 2 is 2.06 bits per heavy atom. The second-order valence-electron chi connectivity index (χ2n) is 4.95. The zero-order valence-corrected chi connectivity index (χ0v) is 10.7. The third-order valence-electron chi connectivity index (χ3n) is 3.27. The predicted octanol–water partition coefficient (Wildman–Crippen LogP) is -0.0228. The molecule has 18 heavy (non-hydrogen) atoms. The van der Waals surface area contributed by atoms with Crippen LogP contribution in [0.2, 0.25) is 0 Å². The van der Waals surface area contributed by atoms with Gasteiger partial charge in [-0.15, -0.1) is 0 Å². The molecule has 1 atom stereocenters. The van der Waals surface area contributed by atoms with Gasteiger partial charge in [-0.1, -0.05) is 24.3 Å². The lowest BCUT2D eigenvalue weighted by atomic mass is 9.80. The highest BCUT2D eigenvalue weighted by Gasteiger charge is 2.17. The predicted molar refractivity (Wildman–Crippen MR) is 71.6 cm³/mol. The fraction of sp³-hybridized carbons (Fsp3) is 0.538. The molecule has 1 heterocycles. The van der Waals surface area contributed by atoms with Crippen LogP contribution in [-0.4, -0.2) is 48.4 Å². The Hall–Kier alpha value is -0.875. The van der Waals surface area contributed by atoms with Crippen molar-refractivity contribution in [2.45, 2.75) is 25.5 Å². The number of hydrogen-bond acceptors (Lipinski definition) is 4. The number of nitrogens with zero attached hydrogens (tertiary/aromatic N) is 1. The minimum Gasteiger partial charge on any atom is -0.423 e. The first-order chi connectivity index (χ1) is 8.65. The summed E-state index contributed by atoms with van der Waals surface area (Å²) in [7, 11) is 0.694. The van der Waals surface area contributed by atoms with Crippen molar-refractivity contribution < 1.29 is 14.8 Å². The highest BCUT2D eigenvalue weighted by Crippen LogP contribution is 2.13. The lowest BCUT2D eigenvalue weighted by molar-refractivity contribution is 0.0793. The number of rotatable bonds is 5. The highest BCUT2D eigenvalue weighted by atomic mass is 16.5. The van der Waals surface area contributed by atoms with Crippen molar-refractivity contribution in [1.82, 2.24) is 4.90 Å². The molecule has 1 aliphatic heterocycles. The van der Waals surface area contributed by atoms with Crippen molar-refractivity contribution >= 4 is 12.6 Å². The standard InChI is InChI=1S/C13H20BNO3/c1-15(10-13-3-2-8-18-13)9-11-4-6-12(7-5-11)14(16)17/h4-7,13,16-17H,2-3,8-10H2,1H3. The first kappa shape index (κ1) is 13.6. The molecule has 1 aliphatic rings. The Kier molecular flexibility index (Phi) is 4.77. The third-order valence-corrected chi connectivity index (χ3v) is 3.27. The molecule has 2 rings (SSSR count). The van der Waals surface area contributed by atoms with E-state index >= 15 is 0 Å². The molecule has 0 saturated carbocycles. The van der Waals surface area contributed by atoms with Crippen LogP contribution in [0.3, 0.4) is 0 Å². The molecule has 2 N–H and O–H groups in total. The molecule has 1 saturated heterocycles. The topological polar surface area (TPSA) is 52.9 Å². The number of benzene rings is 1. The summed E-state index contributed by atoms with van der Waals surface area (Å²) in [5.74, 6) is 0. The summed E-state index contributed by atoms with van der Waals surface area (Å²) in [6.45, 7) is 2.69. The van der Waals surface area contributed by atoms with Crippen LogP contribution in [0, 0.1) is 0 Å². The second kappa shape index (κ2) is 6.34. The van der Waals surface area contributed by atoms with Crippen molar-refractivity contribution in [3.05, 3.63) is 29.8 Å². The monoisotopic (exact) mass is 249 g/mol. The highest BCUT2D eigenvalue weighted by molar-refractivity contribution is 6.58. The van der Waals surface area contributed by atoms with Crippen LogP contribution in [0.4, 0.5) is 0 Å². The smallest absolute Gasteiger partial charge is 0.423 e. The summed E-state index contributed by atoms with van der Waals surface area (Å²) < 4.78 is 5.60. The Labute approximate surface area is 108 Å². The molecule has 0 spiro atoms. The average molecular weight is 249 g/mol. The fourth-order valence-electron chi connectivity index (χ4n) is 2.31. The minimum atomic E-state index is -1.39. The summed E-state index contributed by atoms with van der Waals surface area (Å²) in [6.07, 6.45) is 2.69. The van der Waals surface area contributed by atoms with Gasteiger partial charge in [0.1, 0.15) is 0 Å². The Morgan fingerprint density at radius 1 is 1.33 bits per heavy atom. The molecule has 4 nitrogen and oxygen atoms in total. The van der Waals surface area contributed by atoms with Crippen LogP contribution in [0.25, 0.3) is 0 Å². The SMILES string of the molecule is CN(Cc1ccc(B(O)O)cc1)CC1CCCO1. The summed E-state index contributed by atoms with van der Waals surface area (Å²) in [6, 6.07) is 7.36. The summed E-state index contributed by atoms with van der Waals surface area (Å²) in [5, 5.41) is 18.0. The van der Waals surface area contributed by atoms with Gasteiger partial charge < -0.3 is 14.8 Å². The van der Waals surface area contributed by atoms with Gasteiger partial charge in [0, 0.05) is 19.7 Å². The van der Waals surface area contributed by atoms with Crippen LogP contribution >= 0.6 is 0 Å². The summed E-state index contributed by atoms with van der Waals surface area (Å²) in [4.78, 5) is 2.24. The van der Waals surface area contributed by atoms with E-state index in [-0.39, 0.29) is 0 Å². The van der Waals surface area contributed by atoms with Crippen molar-refractivity contribution in [1.29, 1.82) is 0 Å². The Morgan fingerprint density at radius 3 is 2.61 bits per heavy atom. The molecule has 0 amide bonds. The van der Waals surface area contributed by atoms with Gasteiger partial charge >= 0.3 is 7.12 Å². The molecule has 0 radical (unpaired) electrons.